The van der Waals surface area contributed by atoms with Crippen molar-refractivity contribution in [1.82, 2.24) is 29.9 Å². The fraction of sp³-hybridized carbons (Fsp3) is 0.333. The number of aliphatic carboxylic acids is 3. The van der Waals surface area contributed by atoms with Crippen molar-refractivity contribution in [3.63, 3.8) is 0 Å². The molecule has 3 aromatic rings. The molecule has 0 aliphatic carbocycles. The minimum Gasteiger partial charge on any atom is -0.480 e. The monoisotopic (exact) mass is 465 g/mol. The highest BCUT2D eigenvalue weighted by atomic mass is 16.4. The molecule has 0 saturated heterocycles. The Kier molecular flexibility index (Phi) is 11.5. The number of carbonyl (C=O) groups is 3. The number of hydrogen-bond donors (Lipinski definition) is 9. The summed E-state index contributed by atoms with van der Waals surface area (Å²) in [4.78, 5) is 50.3. The SMILES string of the molecule is N[C@@H](Cc1cnc[nH]1)C(=O)O.N[C@@H](Cc1cnc[nH]1)C(=O)O.N[C@@H](Cc1cnc[nH]1)C(=O)O. The third-order valence-corrected chi connectivity index (χ3v) is 3.94. The molecule has 180 valence electrons. The van der Waals surface area contributed by atoms with Crippen molar-refractivity contribution in [2.24, 2.45) is 17.2 Å². The second-order valence-corrected chi connectivity index (χ2v) is 6.68. The summed E-state index contributed by atoms with van der Waals surface area (Å²) in [7, 11) is 0. The molecule has 15 nitrogen and oxygen atoms in total. The minimum absolute atomic E-state index is 0.287. The van der Waals surface area contributed by atoms with E-state index in [-0.39, 0.29) is 19.3 Å². The van der Waals surface area contributed by atoms with Crippen LogP contribution < -0.4 is 17.2 Å². The van der Waals surface area contributed by atoms with Gasteiger partial charge in [-0.25, -0.2) is 15.0 Å². The highest BCUT2D eigenvalue weighted by Gasteiger charge is 2.13. The molecule has 3 heterocycles. The van der Waals surface area contributed by atoms with Crippen molar-refractivity contribution >= 4 is 17.9 Å². The number of nitrogens with zero attached hydrogens (tertiary/aromatic N) is 3. The molecule has 0 fully saturated rings. The minimum atomic E-state index is -1.00. The molecule has 0 amide bonds. The van der Waals surface area contributed by atoms with Crippen LogP contribution >= 0.6 is 0 Å². The van der Waals surface area contributed by atoms with Crippen LogP contribution in [0.4, 0.5) is 0 Å². The summed E-state index contributed by atoms with van der Waals surface area (Å²) in [5.41, 5.74) is 18.0. The van der Waals surface area contributed by atoms with Crippen LogP contribution in [0.15, 0.2) is 37.6 Å². The molecule has 3 rings (SSSR count). The van der Waals surface area contributed by atoms with Gasteiger partial charge in [-0.05, 0) is 0 Å². The number of nitrogens with one attached hydrogen (secondary N) is 3. The van der Waals surface area contributed by atoms with Crippen LogP contribution in [0.25, 0.3) is 0 Å². The van der Waals surface area contributed by atoms with Gasteiger partial charge < -0.3 is 47.5 Å². The molecular weight excluding hydrogens is 438 g/mol. The molecule has 33 heavy (non-hydrogen) atoms. The van der Waals surface area contributed by atoms with Crippen LogP contribution in [0.3, 0.4) is 0 Å². The van der Waals surface area contributed by atoms with Crippen molar-refractivity contribution in [3.8, 4) is 0 Å². The summed E-state index contributed by atoms with van der Waals surface area (Å²) in [6.07, 6.45) is 10.0. The molecule has 0 saturated carbocycles. The van der Waals surface area contributed by atoms with E-state index in [0.717, 1.165) is 17.1 Å². The van der Waals surface area contributed by atoms with Crippen LogP contribution in [-0.4, -0.2) is 81.3 Å². The Bertz CT molecular complexity index is 820. The zero-order chi connectivity index (χ0) is 24.8. The van der Waals surface area contributed by atoms with Crippen LogP contribution in [0.1, 0.15) is 17.1 Å². The van der Waals surface area contributed by atoms with Gasteiger partial charge in [0, 0.05) is 54.9 Å². The van der Waals surface area contributed by atoms with Gasteiger partial charge in [0.1, 0.15) is 18.1 Å². The molecule has 12 N–H and O–H groups in total. The number of imidazole rings is 3. The zero-order valence-electron chi connectivity index (χ0n) is 17.5. The maximum absolute atomic E-state index is 10.3. The topological polar surface area (TPSA) is 276 Å². The third kappa shape index (κ3) is 11.2. The van der Waals surface area contributed by atoms with Crippen LogP contribution in [0, 0.1) is 0 Å². The fourth-order valence-electron chi connectivity index (χ4n) is 2.16. The number of rotatable bonds is 9. The maximum Gasteiger partial charge on any atom is 0.320 e. The van der Waals surface area contributed by atoms with Crippen molar-refractivity contribution in [2.45, 2.75) is 37.4 Å². The second kappa shape index (κ2) is 14.1. The summed E-state index contributed by atoms with van der Waals surface area (Å²) >= 11 is 0. The molecule has 3 atom stereocenters. The first-order valence-electron chi connectivity index (χ1n) is 9.47. The predicted octanol–water partition coefficient (Wildman–Crippen LogP) is -1.91. The Balaban J connectivity index is 0.000000247. The van der Waals surface area contributed by atoms with E-state index in [4.69, 9.17) is 32.5 Å². The molecule has 0 bridgehead atoms. The first-order chi connectivity index (χ1) is 15.6. The Morgan fingerprint density at radius 1 is 0.636 bits per heavy atom. The largest absolute Gasteiger partial charge is 0.480 e. The predicted molar refractivity (Wildman–Crippen MR) is 114 cm³/mol. The number of nitrogens with two attached hydrogens (primary N) is 3. The van der Waals surface area contributed by atoms with Crippen molar-refractivity contribution in [3.05, 3.63) is 54.7 Å². The summed E-state index contributed by atoms with van der Waals surface area (Å²) in [5.74, 6) is -3.00. The van der Waals surface area contributed by atoms with Gasteiger partial charge in [-0.1, -0.05) is 0 Å². The van der Waals surface area contributed by atoms with Gasteiger partial charge in [0.05, 0.1) is 19.0 Å². The summed E-state index contributed by atoms with van der Waals surface area (Å²) in [5, 5.41) is 25.3. The quantitative estimate of drug-likeness (QED) is 0.167. The molecular formula is C18H27N9O6. The number of hydrogen-bond acceptors (Lipinski definition) is 9. The summed E-state index contributed by atoms with van der Waals surface area (Å²) in [6.45, 7) is 0. The standard InChI is InChI=1S/3C6H9N3O2/c3*7-5(6(10)11)1-4-2-8-3-9-4/h3*2-3,5H,1,7H2,(H,8,9)(H,10,11)/t3*5-/m000/s1. The third-order valence-electron chi connectivity index (χ3n) is 3.94. The molecule has 3 aromatic heterocycles. The van der Waals surface area contributed by atoms with Crippen LogP contribution in [0.5, 0.6) is 0 Å². The molecule has 0 radical (unpaired) electrons. The molecule has 0 unspecified atom stereocenters. The average Bonchev–Trinajstić information content (AvgIpc) is 3.53. The summed E-state index contributed by atoms with van der Waals surface area (Å²) in [6, 6.07) is -2.55. The van der Waals surface area contributed by atoms with Gasteiger partial charge in [0.25, 0.3) is 0 Å². The lowest BCUT2D eigenvalue weighted by Gasteiger charge is -2.02. The van der Waals surface area contributed by atoms with E-state index >= 15 is 0 Å². The number of H-pyrrole nitrogens is 3. The number of carboxylic acids is 3. The van der Waals surface area contributed by atoms with Crippen molar-refractivity contribution in [1.29, 1.82) is 0 Å². The number of aromatic nitrogens is 6. The first kappa shape index (κ1) is 27.0. The fourth-order valence-corrected chi connectivity index (χ4v) is 2.16. The first-order valence-corrected chi connectivity index (χ1v) is 9.47. The highest BCUT2D eigenvalue weighted by Crippen LogP contribution is 1.97. The molecule has 0 aliphatic rings. The lowest BCUT2D eigenvalue weighted by atomic mass is 10.2. The van der Waals surface area contributed by atoms with E-state index in [2.05, 4.69) is 29.9 Å². The van der Waals surface area contributed by atoms with E-state index in [0.29, 0.717) is 0 Å². The zero-order valence-corrected chi connectivity index (χ0v) is 17.5. The normalized spacial score (nSPS) is 12.8. The smallest absolute Gasteiger partial charge is 0.320 e. The molecule has 0 spiro atoms. The molecule has 0 aliphatic heterocycles. The van der Waals surface area contributed by atoms with Gasteiger partial charge in [-0.15, -0.1) is 0 Å². The van der Waals surface area contributed by atoms with Gasteiger partial charge in [-0.2, -0.15) is 0 Å². The van der Waals surface area contributed by atoms with Crippen molar-refractivity contribution < 1.29 is 29.7 Å². The number of carboxylic acid groups (broad SMARTS) is 3. The summed E-state index contributed by atoms with van der Waals surface area (Å²) < 4.78 is 0. The Morgan fingerprint density at radius 3 is 1.03 bits per heavy atom. The van der Waals surface area contributed by atoms with E-state index in [1.54, 1.807) is 18.6 Å². The van der Waals surface area contributed by atoms with E-state index in [1.807, 2.05) is 0 Å². The molecule has 15 heteroatoms. The van der Waals surface area contributed by atoms with Gasteiger partial charge in [0.15, 0.2) is 0 Å². The van der Waals surface area contributed by atoms with E-state index < -0.39 is 36.0 Å². The van der Waals surface area contributed by atoms with Crippen LogP contribution in [0.2, 0.25) is 0 Å². The van der Waals surface area contributed by atoms with Gasteiger partial charge >= 0.3 is 17.9 Å². The van der Waals surface area contributed by atoms with E-state index in [9.17, 15) is 14.4 Å². The second-order valence-electron chi connectivity index (χ2n) is 6.68. The molecule has 0 aromatic carbocycles. The number of aromatic amines is 3. The average molecular weight is 465 g/mol. The van der Waals surface area contributed by atoms with Crippen LogP contribution in [-0.2, 0) is 33.6 Å². The van der Waals surface area contributed by atoms with Gasteiger partial charge in [-0.3, -0.25) is 14.4 Å². The highest BCUT2D eigenvalue weighted by molar-refractivity contribution is 5.74. The lowest BCUT2D eigenvalue weighted by molar-refractivity contribution is -0.139. The lowest BCUT2D eigenvalue weighted by Crippen LogP contribution is -2.32. The van der Waals surface area contributed by atoms with Gasteiger partial charge in [0.2, 0.25) is 0 Å². The Morgan fingerprint density at radius 2 is 0.879 bits per heavy atom. The van der Waals surface area contributed by atoms with Crippen molar-refractivity contribution in [2.75, 3.05) is 0 Å². The van der Waals surface area contributed by atoms with E-state index in [1.165, 1.54) is 19.0 Å². The Labute approximate surface area is 187 Å². The Hall–Kier alpha value is -4.08. The maximum atomic E-state index is 10.3.